The Hall–Kier alpha value is -1.87. The first-order valence-electron chi connectivity index (χ1n) is 6.49. The molecule has 0 spiro atoms. The number of nitrogens with two attached hydrogens (primary N) is 1. The number of fused-ring (bicyclic) bond motifs is 1. The first-order chi connectivity index (χ1) is 9.16. The summed E-state index contributed by atoms with van der Waals surface area (Å²) in [5, 5.41) is 0. The summed E-state index contributed by atoms with van der Waals surface area (Å²) in [5.74, 6) is -0.208. The smallest absolute Gasteiger partial charge is 0.123 e. The van der Waals surface area contributed by atoms with Crippen molar-refractivity contribution in [3.05, 3.63) is 65.5 Å². The minimum Gasteiger partial charge on any atom is -0.367 e. The van der Waals surface area contributed by atoms with E-state index >= 15 is 0 Å². The molecule has 2 N–H and O–H groups in total. The molecular formula is C16H17FN2. The molecule has 2 aromatic rings. The number of anilines is 1. The second-order valence-corrected chi connectivity index (χ2v) is 5.07. The van der Waals surface area contributed by atoms with Crippen molar-refractivity contribution < 1.29 is 4.39 Å². The maximum Gasteiger partial charge on any atom is 0.123 e. The molecule has 1 aliphatic rings. The third-order valence-electron chi connectivity index (χ3n) is 3.93. The van der Waals surface area contributed by atoms with Gasteiger partial charge in [-0.25, -0.2) is 4.39 Å². The summed E-state index contributed by atoms with van der Waals surface area (Å²) in [6.07, 6.45) is 0.896. The van der Waals surface area contributed by atoms with Crippen LogP contribution >= 0.6 is 0 Å². The number of halogens is 1. The molecule has 0 saturated heterocycles. The van der Waals surface area contributed by atoms with Gasteiger partial charge in [0.1, 0.15) is 5.82 Å². The van der Waals surface area contributed by atoms with Crippen molar-refractivity contribution in [3.63, 3.8) is 0 Å². The second kappa shape index (κ2) is 4.67. The molecule has 98 valence electrons. The lowest BCUT2D eigenvalue weighted by atomic mass is 10.1. The molecule has 2 atom stereocenters. The molecule has 0 aromatic heterocycles. The van der Waals surface area contributed by atoms with Crippen molar-refractivity contribution in [2.75, 3.05) is 11.9 Å². The molecule has 3 heteroatoms. The minimum atomic E-state index is -0.208. The summed E-state index contributed by atoms with van der Waals surface area (Å²) in [7, 11) is 2.03. The lowest BCUT2D eigenvalue weighted by molar-refractivity contribution is 0.592. The Morgan fingerprint density at radius 1 is 1.05 bits per heavy atom. The average Bonchev–Trinajstić information content (AvgIpc) is 2.77. The summed E-state index contributed by atoms with van der Waals surface area (Å²) in [4.78, 5) is 2.17. The minimum absolute atomic E-state index is 0.0871. The number of hydrogen-bond acceptors (Lipinski definition) is 2. The summed E-state index contributed by atoms with van der Waals surface area (Å²) >= 11 is 0. The molecule has 0 heterocycles. The monoisotopic (exact) mass is 256 g/mol. The van der Waals surface area contributed by atoms with E-state index in [1.54, 1.807) is 0 Å². The normalized spacial score (nSPS) is 21.2. The first-order valence-corrected chi connectivity index (χ1v) is 6.49. The van der Waals surface area contributed by atoms with Crippen molar-refractivity contribution >= 4 is 5.69 Å². The molecular weight excluding hydrogens is 239 g/mol. The fourth-order valence-electron chi connectivity index (χ4n) is 2.87. The molecule has 19 heavy (non-hydrogen) atoms. The van der Waals surface area contributed by atoms with Gasteiger partial charge in [0.2, 0.25) is 0 Å². The van der Waals surface area contributed by atoms with E-state index in [1.807, 2.05) is 31.3 Å². The van der Waals surface area contributed by atoms with Crippen LogP contribution in [0.4, 0.5) is 10.1 Å². The van der Waals surface area contributed by atoms with Crippen LogP contribution < -0.4 is 10.6 Å². The van der Waals surface area contributed by atoms with E-state index in [-0.39, 0.29) is 17.9 Å². The highest BCUT2D eigenvalue weighted by Gasteiger charge is 2.31. The molecule has 1 aliphatic carbocycles. The van der Waals surface area contributed by atoms with Crippen LogP contribution in [0.5, 0.6) is 0 Å². The Bertz CT molecular complexity index is 580. The molecule has 2 nitrogen and oxygen atoms in total. The van der Waals surface area contributed by atoms with Crippen molar-refractivity contribution in [3.8, 4) is 0 Å². The quantitative estimate of drug-likeness (QED) is 0.892. The Labute approximate surface area is 112 Å². The molecule has 2 aromatic carbocycles. The van der Waals surface area contributed by atoms with Gasteiger partial charge in [0, 0.05) is 18.8 Å². The standard InChI is InChI=1S/C16H17FN2/c1-19(12-8-6-11(17)7-9-12)16-10-15(18)13-4-2-3-5-14(13)16/h2-9,15-16H,10,18H2,1H3. The van der Waals surface area contributed by atoms with Crippen LogP contribution in [0.25, 0.3) is 0 Å². The maximum absolute atomic E-state index is 13.0. The van der Waals surface area contributed by atoms with Gasteiger partial charge in [0.25, 0.3) is 0 Å². The molecule has 2 unspecified atom stereocenters. The third kappa shape index (κ3) is 2.10. The molecule has 0 radical (unpaired) electrons. The summed E-state index contributed by atoms with van der Waals surface area (Å²) in [6.45, 7) is 0. The van der Waals surface area contributed by atoms with Crippen LogP contribution in [0.3, 0.4) is 0 Å². The van der Waals surface area contributed by atoms with Gasteiger partial charge in [-0.05, 0) is 41.8 Å². The fourth-order valence-corrected chi connectivity index (χ4v) is 2.87. The zero-order chi connectivity index (χ0) is 13.4. The molecule has 3 rings (SSSR count). The van der Waals surface area contributed by atoms with Crippen LogP contribution in [0.2, 0.25) is 0 Å². The molecule has 0 aliphatic heterocycles. The van der Waals surface area contributed by atoms with E-state index in [4.69, 9.17) is 5.73 Å². The van der Waals surface area contributed by atoms with Gasteiger partial charge in [0.05, 0.1) is 6.04 Å². The van der Waals surface area contributed by atoms with Crippen molar-refractivity contribution in [1.82, 2.24) is 0 Å². The first kappa shape index (κ1) is 12.2. The van der Waals surface area contributed by atoms with Crippen LogP contribution in [-0.2, 0) is 0 Å². The Kier molecular flexibility index (Phi) is 2.99. The number of nitrogens with zero attached hydrogens (tertiary/aromatic N) is 1. The van der Waals surface area contributed by atoms with Gasteiger partial charge < -0.3 is 10.6 Å². The molecule has 0 amide bonds. The lowest BCUT2D eigenvalue weighted by Gasteiger charge is -2.27. The molecule has 0 saturated carbocycles. The second-order valence-electron chi connectivity index (χ2n) is 5.07. The highest BCUT2D eigenvalue weighted by atomic mass is 19.1. The molecule has 0 fully saturated rings. The summed E-state index contributed by atoms with van der Waals surface area (Å²) in [6, 6.07) is 15.2. The number of hydrogen-bond donors (Lipinski definition) is 1. The zero-order valence-electron chi connectivity index (χ0n) is 10.9. The van der Waals surface area contributed by atoms with E-state index in [9.17, 15) is 4.39 Å². The van der Waals surface area contributed by atoms with Gasteiger partial charge in [-0.3, -0.25) is 0 Å². The largest absolute Gasteiger partial charge is 0.367 e. The zero-order valence-corrected chi connectivity index (χ0v) is 10.9. The van der Waals surface area contributed by atoms with Gasteiger partial charge in [-0.2, -0.15) is 0 Å². The lowest BCUT2D eigenvalue weighted by Crippen LogP contribution is -2.22. The highest BCUT2D eigenvalue weighted by molar-refractivity contribution is 5.51. The van der Waals surface area contributed by atoms with Crippen LogP contribution in [-0.4, -0.2) is 7.05 Å². The Morgan fingerprint density at radius 3 is 2.37 bits per heavy atom. The van der Waals surface area contributed by atoms with Crippen molar-refractivity contribution in [1.29, 1.82) is 0 Å². The van der Waals surface area contributed by atoms with Gasteiger partial charge in [-0.15, -0.1) is 0 Å². The Balaban J connectivity index is 1.93. The third-order valence-corrected chi connectivity index (χ3v) is 3.93. The van der Waals surface area contributed by atoms with E-state index < -0.39 is 0 Å². The average molecular weight is 256 g/mol. The fraction of sp³-hybridized carbons (Fsp3) is 0.250. The SMILES string of the molecule is CN(c1ccc(F)cc1)C1CC(N)c2ccccc21. The van der Waals surface area contributed by atoms with E-state index in [0.29, 0.717) is 0 Å². The van der Waals surface area contributed by atoms with Crippen molar-refractivity contribution in [2.24, 2.45) is 5.73 Å². The van der Waals surface area contributed by atoms with Gasteiger partial charge in [0.15, 0.2) is 0 Å². The predicted octanol–water partition coefficient (Wildman–Crippen LogP) is 3.41. The van der Waals surface area contributed by atoms with E-state index in [2.05, 4.69) is 17.0 Å². The maximum atomic E-state index is 13.0. The number of benzene rings is 2. The summed E-state index contributed by atoms with van der Waals surface area (Å²) < 4.78 is 13.0. The van der Waals surface area contributed by atoms with Crippen LogP contribution in [0, 0.1) is 5.82 Å². The molecule has 0 bridgehead atoms. The van der Waals surface area contributed by atoms with Gasteiger partial charge >= 0.3 is 0 Å². The Morgan fingerprint density at radius 2 is 1.68 bits per heavy atom. The summed E-state index contributed by atoms with van der Waals surface area (Å²) in [5.41, 5.74) is 9.70. The van der Waals surface area contributed by atoms with Gasteiger partial charge in [-0.1, -0.05) is 24.3 Å². The predicted molar refractivity (Wildman–Crippen MR) is 75.5 cm³/mol. The number of rotatable bonds is 2. The highest BCUT2D eigenvalue weighted by Crippen LogP contribution is 2.41. The topological polar surface area (TPSA) is 29.3 Å². The van der Waals surface area contributed by atoms with Crippen LogP contribution in [0.15, 0.2) is 48.5 Å². The van der Waals surface area contributed by atoms with E-state index in [1.165, 1.54) is 23.3 Å². The van der Waals surface area contributed by atoms with E-state index in [0.717, 1.165) is 12.1 Å². The van der Waals surface area contributed by atoms with Crippen molar-refractivity contribution in [2.45, 2.75) is 18.5 Å². The van der Waals surface area contributed by atoms with Crippen LogP contribution in [0.1, 0.15) is 29.6 Å².